The summed E-state index contributed by atoms with van der Waals surface area (Å²) < 4.78 is 0. The highest BCUT2D eigenvalue weighted by atomic mass is 15.3. The number of piperazine rings is 1. The largest absolute Gasteiger partial charge is 0.308 e. The summed E-state index contributed by atoms with van der Waals surface area (Å²) in [5, 5.41) is 3.93. The molecule has 0 bridgehead atoms. The molecule has 0 aromatic rings. The summed E-state index contributed by atoms with van der Waals surface area (Å²) in [7, 11) is 0. The molecule has 1 heterocycles. The van der Waals surface area contributed by atoms with Gasteiger partial charge in [0.1, 0.15) is 0 Å². The van der Waals surface area contributed by atoms with Gasteiger partial charge in [0.25, 0.3) is 0 Å². The number of hydrogen-bond donors (Lipinski definition) is 1. The molecule has 0 amide bonds. The monoisotopic (exact) mass is 264 g/mol. The van der Waals surface area contributed by atoms with Gasteiger partial charge in [-0.25, -0.2) is 0 Å². The van der Waals surface area contributed by atoms with Gasteiger partial charge in [-0.1, -0.05) is 52.2 Å². The van der Waals surface area contributed by atoms with Gasteiger partial charge in [0.05, 0.1) is 0 Å². The molecule has 2 heteroatoms. The third-order valence-electron chi connectivity index (χ3n) is 5.00. The molecule has 2 rings (SSSR count). The fraction of sp³-hybridized carbons (Fsp3) is 0.882. The molecule has 1 aliphatic carbocycles. The summed E-state index contributed by atoms with van der Waals surface area (Å²) in [6.07, 6.45) is 11.5. The van der Waals surface area contributed by atoms with Gasteiger partial charge in [0.15, 0.2) is 0 Å². The Morgan fingerprint density at radius 1 is 1.21 bits per heavy atom. The first-order valence-corrected chi connectivity index (χ1v) is 8.07. The first-order valence-electron chi connectivity index (χ1n) is 8.07. The van der Waals surface area contributed by atoms with Crippen molar-refractivity contribution in [2.24, 2.45) is 5.41 Å². The lowest BCUT2D eigenvalue weighted by atomic mass is 9.76. The Kier molecular flexibility index (Phi) is 4.73. The molecule has 1 spiro atoms. The third-order valence-corrected chi connectivity index (χ3v) is 5.00. The first kappa shape index (κ1) is 15.1. The van der Waals surface area contributed by atoms with Crippen LogP contribution < -0.4 is 5.32 Å². The second-order valence-corrected chi connectivity index (χ2v) is 7.60. The van der Waals surface area contributed by atoms with Crippen molar-refractivity contribution in [1.29, 1.82) is 0 Å². The lowest BCUT2D eigenvalue weighted by Crippen LogP contribution is -2.67. The van der Waals surface area contributed by atoms with E-state index in [-0.39, 0.29) is 0 Å². The van der Waals surface area contributed by atoms with Gasteiger partial charge in [0.2, 0.25) is 0 Å². The van der Waals surface area contributed by atoms with Gasteiger partial charge in [-0.3, -0.25) is 4.90 Å². The van der Waals surface area contributed by atoms with Crippen LogP contribution in [0, 0.1) is 5.41 Å². The van der Waals surface area contributed by atoms with Crippen LogP contribution in [0.15, 0.2) is 12.2 Å². The van der Waals surface area contributed by atoms with E-state index < -0.39 is 0 Å². The van der Waals surface area contributed by atoms with Crippen molar-refractivity contribution in [2.45, 2.75) is 71.4 Å². The van der Waals surface area contributed by atoms with E-state index in [0.717, 1.165) is 13.1 Å². The predicted octanol–water partition coefficient (Wildman–Crippen LogP) is 3.59. The SMILES string of the molecule is C/C=C/CN1CC2(CCCCC2)NCC1C(C)(C)C. The van der Waals surface area contributed by atoms with E-state index in [1.807, 2.05) is 0 Å². The maximum atomic E-state index is 3.93. The zero-order valence-corrected chi connectivity index (χ0v) is 13.3. The molecule has 2 fully saturated rings. The van der Waals surface area contributed by atoms with Gasteiger partial charge >= 0.3 is 0 Å². The zero-order valence-electron chi connectivity index (χ0n) is 13.3. The normalized spacial score (nSPS) is 29.2. The molecule has 1 saturated carbocycles. The maximum absolute atomic E-state index is 3.93. The van der Waals surface area contributed by atoms with Crippen LogP contribution in [0.4, 0.5) is 0 Å². The molecule has 2 aliphatic rings. The summed E-state index contributed by atoms with van der Waals surface area (Å²) in [6.45, 7) is 12.8. The number of rotatable bonds is 2. The Morgan fingerprint density at radius 3 is 2.47 bits per heavy atom. The second kappa shape index (κ2) is 5.97. The van der Waals surface area contributed by atoms with Gasteiger partial charge in [-0.05, 0) is 25.2 Å². The molecule has 0 aromatic heterocycles. The van der Waals surface area contributed by atoms with Gasteiger partial charge in [-0.15, -0.1) is 0 Å². The Hall–Kier alpha value is -0.340. The molecule has 1 unspecified atom stereocenters. The van der Waals surface area contributed by atoms with Crippen molar-refractivity contribution in [3.63, 3.8) is 0 Å². The Balaban J connectivity index is 2.09. The van der Waals surface area contributed by atoms with Crippen LogP contribution in [-0.4, -0.2) is 36.1 Å². The molecule has 19 heavy (non-hydrogen) atoms. The minimum atomic E-state index is 0.352. The third kappa shape index (κ3) is 3.61. The van der Waals surface area contributed by atoms with Crippen molar-refractivity contribution >= 4 is 0 Å². The molecule has 110 valence electrons. The van der Waals surface area contributed by atoms with Crippen LogP contribution >= 0.6 is 0 Å². The minimum Gasteiger partial charge on any atom is -0.308 e. The van der Waals surface area contributed by atoms with Gasteiger partial charge < -0.3 is 5.32 Å². The Bertz CT molecular complexity index is 308. The van der Waals surface area contributed by atoms with E-state index in [1.54, 1.807) is 0 Å². The summed E-state index contributed by atoms with van der Waals surface area (Å²) in [4.78, 5) is 2.72. The van der Waals surface area contributed by atoms with Crippen LogP contribution in [0.1, 0.15) is 59.8 Å². The number of nitrogens with zero attached hydrogens (tertiary/aromatic N) is 1. The molecule has 1 N–H and O–H groups in total. The van der Waals surface area contributed by atoms with Crippen LogP contribution in [0.2, 0.25) is 0 Å². The average Bonchev–Trinajstić information content (AvgIpc) is 2.36. The van der Waals surface area contributed by atoms with Gasteiger partial charge in [0, 0.05) is 31.2 Å². The summed E-state index contributed by atoms with van der Waals surface area (Å²) >= 11 is 0. The van der Waals surface area contributed by atoms with Crippen molar-refractivity contribution in [3.05, 3.63) is 12.2 Å². The van der Waals surface area contributed by atoms with Gasteiger partial charge in [-0.2, -0.15) is 0 Å². The predicted molar refractivity (Wildman–Crippen MR) is 83.4 cm³/mol. The van der Waals surface area contributed by atoms with E-state index in [1.165, 1.54) is 38.6 Å². The Morgan fingerprint density at radius 2 is 1.89 bits per heavy atom. The highest BCUT2D eigenvalue weighted by Crippen LogP contribution is 2.35. The standard InChI is InChI=1S/C17H32N2/c1-5-6-12-19-14-17(10-8-7-9-11-17)18-13-15(19)16(2,3)4/h5-6,15,18H,7-14H2,1-4H3/b6-5+. The minimum absolute atomic E-state index is 0.352. The van der Waals surface area contributed by atoms with Crippen LogP contribution in [0.3, 0.4) is 0 Å². The van der Waals surface area contributed by atoms with E-state index in [0.29, 0.717) is 17.0 Å². The molecular weight excluding hydrogens is 232 g/mol. The summed E-state index contributed by atoms with van der Waals surface area (Å²) in [6, 6.07) is 0.649. The second-order valence-electron chi connectivity index (χ2n) is 7.60. The van der Waals surface area contributed by atoms with E-state index in [9.17, 15) is 0 Å². The quantitative estimate of drug-likeness (QED) is 0.767. The van der Waals surface area contributed by atoms with E-state index >= 15 is 0 Å². The molecule has 0 aromatic carbocycles. The first-order chi connectivity index (χ1) is 8.97. The average molecular weight is 264 g/mol. The van der Waals surface area contributed by atoms with E-state index in [2.05, 4.69) is 50.1 Å². The van der Waals surface area contributed by atoms with Crippen molar-refractivity contribution in [3.8, 4) is 0 Å². The van der Waals surface area contributed by atoms with Crippen LogP contribution in [-0.2, 0) is 0 Å². The van der Waals surface area contributed by atoms with Crippen LogP contribution in [0.25, 0.3) is 0 Å². The number of allylic oxidation sites excluding steroid dienone is 1. The van der Waals surface area contributed by atoms with Crippen LogP contribution in [0.5, 0.6) is 0 Å². The topological polar surface area (TPSA) is 15.3 Å². The number of nitrogens with one attached hydrogen (secondary N) is 1. The lowest BCUT2D eigenvalue weighted by molar-refractivity contribution is 0.0163. The molecular formula is C17H32N2. The molecule has 1 saturated heterocycles. The fourth-order valence-electron chi connectivity index (χ4n) is 3.85. The summed E-state index contributed by atoms with van der Waals surface area (Å²) in [5.41, 5.74) is 0.770. The Labute approximate surface area is 119 Å². The number of hydrogen-bond acceptors (Lipinski definition) is 2. The maximum Gasteiger partial charge on any atom is 0.0309 e. The van der Waals surface area contributed by atoms with Crippen molar-refractivity contribution in [2.75, 3.05) is 19.6 Å². The molecule has 1 atom stereocenters. The zero-order chi connectivity index (χ0) is 13.9. The lowest BCUT2D eigenvalue weighted by Gasteiger charge is -2.53. The highest BCUT2D eigenvalue weighted by molar-refractivity contribution is 5.03. The molecule has 0 radical (unpaired) electrons. The van der Waals surface area contributed by atoms with Crippen molar-refractivity contribution < 1.29 is 0 Å². The van der Waals surface area contributed by atoms with E-state index in [4.69, 9.17) is 0 Å². The van der Waals surface area contributed by atoms with Crippen molar-refractivity contribution in [1.82, 2.24) is 10.2 Å². The smallest absolute Gasteiger partial charge is 0.0309 e. The summed E-state index contributed by atoms with van der Waals surface area (Å²) in [5.74, 6) is 0. The molecule has 2 nitrogen and oxygen atoms in total. The fourth-order valence-corrected chi connectivity index (χ4v) is 3.85. The molecule has 1 aliphatic heterocycles. The highest BCUT2D eigenvalue weighted by Gasteiger charge is 2.42.